The number of hydrogen-bond donors (Lipinski definition) is 1. The van der Waals surface area contributed by atoms with E-state index in [1.807, 2.05) is 25.2 Å². The fraction of sp³-hybridized carbons (Fsp3) is 0.292. The van der Waals surface area contributed by atoms with E-state index in [1.165, 1.54) is 25.0 Å². The summed E-state index contributed by atoms with van der Waals surface area (Å²) in [5, 5.41) is 0. The predicted octanol–water partition coefficient (Wildman–Crippen LogP) is 3.40. The van der Waals surface area contributed by atoms with Gasteiger partial charge in [0.25, 0.3) is 5.91 Å². The Labute approximate surface area is 197 Å². The summed E-state index contributed by atoms with van der Waals surface area (Å²) in [6.07, 6.45) is 6.92. The van der Waals surface area contributed by atoms with Gasteiger partial charge in [0.1, 0.15) is 18.2 Å². The van der Waals surface area contributed by atoms with Crippen molar-refractivity contribution < 1.29 is 22.3 Å². The number of carbonyl (C=O) groups is 1. The summed E-state index contributed by atoms with van der Waals surface area (Å²) in [5.74, 6) is 0.399. The number of amides is 1. The summed E-state index contributed by atoms with van der Waals surface area (Å²) >= 11 is 0. The fourth-order valence-electron chi connectivity index (χ4n) is 3.40. The molecule has 1 aliphatic rings. The van der Waals surface area contributed by atoms with Gasteiger partial charge < -0.3 is 9.64 Å². The van der Waals surface area contributed by atoms with Gasteiger partial charge in [-0.05, 0) is 48.6 Å². The van der Waals surface area contributed by atoms with E-state index in [0.717, 1.165) is 35.9 Å². The molecule has 1 saturated carbocycles. The van der Waals surface area contributed by atoms with Crippen molar-refractivity contribution in [1.29, 1.82) is 0 Å². The molecule has 1 N–H and O–H groups in total. The van der Waals surface area contributed by atoms with E-state index in [4.69, 9.17) is 4.74 Å². The van der Waals surface area contributed by atoms with Gasteiger partial charge in [-0.2, -0.15) is 0 Å². The molecule has 0 radical (unpaired) electrons. The molecule has 1 amide bonds. The molecule has 0 saturated heterocycles. The van der Waals surface area contributed by atoms with Gasteiger partial charge in [-0.25, -0.2) is 27.5 Å². The van der Waals surface area contributed by atoms with Crippen molar-refractivity contribution in [1.82, 2.24) is 14.7 Å². The standard InChI is InChI=1S/C24H25FN4O4S/c1-29(14-16-6-7-16)24-26-12-20(13-27-24)17-4-3-5-21(10-17)33-15-19-9-8-18(11-22(19)25)23(30)28-34(2,31)32/h3-5,8-13,16H,6-7,14-15H2,1-2H3,(H,28,30). The average molecular weight is 485 g/mol. The summed E-state index contributed by atoms with van der Waals surface area (Å²) in [4.78, 5) is 22.9. The van der Waals surface area contributed by atoms with E-state index in [1.54, 1.807) is 23.2 Å². The maximum atomic E-state index is 14.4. The normalized spacial score (nSPS) is 13.4. The van der Waals surface area contributed by atoms with Gasteiger partial charge in [0.2, 0.25) is 16.0 Å². The summed E-state index contributed by atoms with van der Waals surface area (Å²) in [7, 11) is -1.74. The van der Waals surface area contributed by atoms with Crippen molar-refractivity contribution in [3.63, 3.8) is 0 Å². The van der Waals surface area contributed by atoms with Crippen molar-refractivity contribution in [3.8, 4) is 16.9 Å². The van der Waals surface area contributed by atoms with E-state index >= 15 is 0 Å². The highest BCUT2D eigenvalue weighted by molar-refractivity contribution is 7.89. The number of aromatic nitrogens is 2. The zero-order chi connectivity index (χ0) is 24.3. The molecule has 0 aliphatic heterocycles. The second kappa shape index (κ2) is 9.76. The van der Waals surface area contributed by atoms with E-state index in [-0.39, 0.29) is 17.7 Å². The third kappa shape index (κ3) is 6.28. The van der Waals surface area contributed by atoms with E-state index in [0.29, 0.717) is 11.7 Å². The molecule has 178 valence electrons. The number of nitrogens with zero attached hydrogens (tertiary/aromatic N) is 3. The molecule has 1 fully saturated rings. The molecule has 1 aliphatic carbocycles. The van der Waals surface area contributed by atoms with Crippen LogP contribution in [0.1, 0.15) is 28.8 Å². The number of sulfonamides is 1. The van der Waals surface area contributed by atoms with Crippen LogP contribution in [-0.2, 0) is 16.6 Å². The average Bonchev–Trinajstić information content (AvgIpc) is 3.61. The number of hydrogen-bond acceptors (Lipinski definition) is 7. The molecular formula is C24H25FN4O4S. The Hall–Kier alpha value is -3.53. The Morgan fingerprint density at radius 2 is 1.88 bits per heavy atom. The zero-order valence-electron chi connectivity index (χ0n) is 18.9. The van der Waals surface area contributed by atoms with Crippen LogP contribution in [0.2, 0.25) is 0 Å². The fourth-order valence-corrected chi connectivity index (χ4v) is 3.85. The van der Waals surface area contributed by atoms with Crippen molar-refractivity contribution in [3.05, 3.63) is 71.8 Å². The van der Waals surface area contributed by atoms with Crippen molar-refractivity contribution in [2.75, 3.05) is 24.7 Å². The van der Waals surface area contributed by atoms with Gasteiger partial charge >= 0.3 is 0 Å². The van der Waals surface area contributed by atoms with Gasteiger partial charge in [0.15, 0.2) is 0 Å². The number of carbonyl (C=O) groups excluding carboxylic acids is 1. The monoisotopic (exact) mass is 484 g/mol. The van der Waals surface area contributed by atoms with E-state index < -0.39 is 21.7 Å². The lowest BCUT2D eigenvalue weighted by Gasteiger charge is -2.16. The molecule has 4 rings (SSSR count). The molecule has 8 nitrogen and oxygen atoms in total. The Morgan fingerprint density at radius 3 is 2.53 bits per heavy atom. The van der Waals surface area contributed by atoms with Crippen LogP contribution in [0.3, 0.4) is 0 Å². The minimum absolute atomic E-state index is 0.0648. The third-order valence-electron chi connectivity index (χ3n) is 5.36. The Balaban J connectivity index is 1.40. The minimum atomic E-state index is -3.73. The second-order valence-corrected chi connectivity index (χ2v) is 10.2. The molecule has 1 heterocycles. The molecule has 3 aromatic rings. The lowest BCUT2D eigenvalue weighted by atomic mass is 10.1. The first-order chi connectivity index (χ1) is 16.2. The third-order valence-corrected chi connectivity index (χ3v) is 5.92. The van der Waals surface area contributed by atoms with Crippen LogP contribution in [-0.4, -0.2) is 44.1 Å². The SMILES string of the molecule is CN(CC1CC1)c1ncc(-c2cccc(OCc3ccc(C(=O)NS(C)(=O)=O)cc3F)c2)cn1. The molecule has 2 aromatic carbocycles. The Kier molecular flexibility index (Phi) is 6.78. The Bertz CT molecular complexity index is 1290. The molecule has 0 spiro atoms. The topological polar surface area (TPSA) is 101 Å². The molecule has 0 unspecified atom stereocenters. The van der Waals surface area contributed by atoms with Crippen molar-refractivity contribution in [2.45, 2.75) is 19.4 Å². The van der Waals surface area contributed by atoms with Gasteiger partial charge in [-0.15, -0.1) is 0 Å². The van der Waals surface area contributed by atoms with Gasteiger partial charge in [-0.1, -0.05) is 18.2 Å². The maximum absolute atomic E-state index is 14.4. The van der Waals surface area contributed by atoms with Gasteiger partial charge in [0, 0.05) is 42.7 Å². The first-order valence-electron chi connectivity index (χ1n) is 10.7. The highest BCUT2D eigenvalue weighted by atomic mass is 32.2. The molecule has 0 bridgehead atoms. The number of nitrogens with one attached hydrogen (secondary N) is 1. The highest BCUT2D eigenvalue weighted by Gasteiger charge is 2.23. The van der Waals surface area contributed by atoms with E-state index in [9.17, 15) is 17.6 Å². The van der Waals surface area contributed by atoms with Crippen LogP contribution in [0.15, 0.2) is 54.9 Å². The summed E-state index contributed by atoms with van der Waals surface area (Å²) in [6, 6.07) is 11.0. The number of anilines is 1. The predicted molar refractivity (Wildman–Crippen MR) is 127 cm³/mol. The quantitative estimate of drug-likeness (QED) is 0.497. The van der Waals surface area contributed by atoms with Crippen LogP contribution in [0.4, 0.5) is 10.3 Å². The van der Waals surface area contributed by atoms with Crippen LogP contribution in [0, 0.1) is 11.7 Å². The summed E-state index contributed by atoms with van der Waals surface area (Å²) in [5.41, 5.74) is 1.83. The molecule has 0 atom stereocenters. The molecule has 10 heteroatoms. The summed E-state index contributed by atoms with van der Waals surface area (Å²) in [6.45, 7) is 0.896. The lowest BCUT2D eigenvalue weighted by molar-refractivity contribution is 0.0981. The molecule has 34 heavy (non-hydrogen) atoms. The van der Waals surface area contributed by atoms with Crippen LogP contribution < -0.4 is 14.4 Å². The summed E-state index contributed by atoms with van der Waals surface area (Å²) < 4.78 is 44.4. The van der Waals surface area contributed by atoms with Crippen LogP contribution >= 0.6 is 0 Å². The minimum Gasteiger partial charge on any atom is -0.489 e. The Morgan fingerprint density at radius 1 is 1.15 bits per heavy atom. The first-order valence-corrected chi connectivity index (χ1v) is 12.6. The highest BCUT2D eigenvalue weighted by Crippen LogP contribution is 2.30. The van der Waals surface area contributed by atoms with Gasteiger partial charge in [-0.3, -0.25) is 4.79 Å². The maximum Gasteiger partial charge on any atom is 0.264 e. The first kappa shape index (κ1) is 23.6. The van der Waals surface area contributed by atoms with E-state index in [2.05, 4.69) is 14.9 Å². The van der Waals surface area contributed by atoms with Crippen LogP contribution in [0.5, 0.6) is 5.75 Å². The van der Waals surface area contributed by atoms with Gasteiger partial charge in [0.05, 0.1) is 6.26 Å². The van der Waals surface area contributed by atoms with Crippen LogP contribution in [0.25, 0.3) is 11.1 Å². The number of ether oxygens (including phenoxy) is 1. The number of halogens is 1. The zero-order valence-corrected chi connectivity index (χ0v) is 19.7. The number of rotatable bonds is 9. The largest absolute Gasteiger partial charge is 0.489 e. The lowest BCUT2D eigenvalue weighted by Crippen LogP contribution is -2.29. The second-order valence-electron chi connectivity index (χ2n) is 8.42. The van der Waals surface area contributed by atoms with Crippen molar-refractivity contribution in [2.24, 2.45) is 5.92 Å². The molecule has 1 aromatic heterocycles. The number of benzene rings is 2. The van der Waals surface area contributed by atoms with Crippen molar-refractivity contribution >= 4 is 21.9 Å². The smallest absolute Gasteiger partial charge is 0.264 e. The molecular weight excluding hydrogens is 459 g/mol.